The molecule has 2 aliphatic rings. The van der Waals surface area contributed by atoms with Crippen molar-refractivity contribution in [3.05, 3.63) is 35.2 Å². The van der Waals surface area contributed by atoms with Gasteiger partial charge in [-0.25, -0.2) is 0 Å². The molecule has 2 aromatic rings. The van der Waals surface area contributed by atoms with Gasteiger partial charge in [0.2, 0.25) is 12.5 Å². The lowest BCUT2D eigenvalue weighted by Gasteiger charge is -2.16. The molecule has 0 aliphatic carbocycles. The second-order valence-corrected chi connectivity index (χ2v) is 6.80. The third kappa shape index (κ3) is 3.29. The molecule has 134 valence electrons. The van der Waals surface area contributed by atoms with Crippen molar-refractivity contribution < 1.29 is 19.3 Å². The molecule has 1 fully saturated rings. The van der Waals surface area contributed by atoms with E-state index in [1.165, 1.54) is 0 Å². The van der Waals surface area contributed by atoms with Gasteiger partial charge in [0.1, 0.15) is 0 Å². The standard InChI is InChI=1S/C18H23N3O4/c1-11-3-14(20-19-11)6-13-8-21(9-15(13)22)7-12-4-16(23-2)18-17(5-12)24-10-25-18/h3-5,13,15,22H,6-10H2,1-2H3,(H,19,20)/t13-,15+/m1/s1. The normalized spacial score (nSPS) is 22.5. The summed E-state index contributed by atoms with van der Waals surface area (Å²) in [5.41, 5.74) is 3.14. The molecule has 0 unspecified atom stereocenters. The molecular formula is C18H23N3O4. The fourth-order valence-electron chi connectivity index (χ4n) is 3.65. The molecule has 0 spiro atoms. The third-order valence-electron chi connectivity index (χ3n) is 4.84. The van der Waals surface area contributed by atoms with Crippen LogP contribution in [-0.4, -0.2) is 53.3 Å². The predicted octanol–water partition coefficient (Wildman–Crippen LogP) is 1.49. The van der Waals surface area contributed by atoms with Crippen molar-refractivity contribution in [2.24, 2.45) is 5.92 Å². The lowest BCUT2D eigenvalue weighted by atomic mass is 10.0. The number of rotatable bonds is 5. The molecule has 3 heterocycles. The topological polar surface area (TPSA) is 79.8 Å². The summed E-state index contributed by atoms with van der Waals surface area (Å²) in [4.78, 5) is 2.26. The summed E-state index contributed by atoms with van der Waals surface area (Å²) < 4.78 is 16.3. The number of ether oxygens (including phenoxy) is 3. The highest BCUT2D eigenvalue weighted by molar-refractivity contribution is 5.55. The first kappa shape index (κ1) is 16.2. The van der Waals surface area contributed by atoms with Gasteiger partial charge in [-0.1, -0.05) is 0 Å². The number of aromatic amines is 1. The van der Waals surface area contributed by atoms with E-state index < -0.39 is 0 Å². The van der Waals surface area contributed by atoms with E-state index >= 15 is 0 Å². The fraction of sp³-hybridized carbons (Fsp3) is 0.500. The van der Waals surface area contributed by atoms with Crippen molar-refractivity contribution in [2.45, 2.75) is 26.0 Å². The van der Waals surface area contributed by atoms with Crippen LogP contribution in [0.25, 0.3) is 0 Å². The maximum Gasteiger partial charge on any atom is 0.231 e. The number of aliphatic hydroxyl groups is 1. The Bertz CT molecular complexity index is 761. The van der Waals surface area contributed by atoms with Crippen molar-refractivity contribution >= 4 is 0 Å². The molecule has 1 saturated heterocycles. The molecule has 0 radical (unpaired) electrons. The van der Waals surface area contributed by atoms with E-state index in [0.29, 0.717) is 18.0 Å². The monoisotopic (exact) mass is 345 g/mol. The number of aryl methyl sites for hydroxylation is 1. The van der Waals surface area contributed by atoms with Gasteiger partial charge >= 0.3 is 0 Å². The second-order valence-electron chi connectivity index (χ2n) is 6.80. The molecule has 0 amide bonds. The average molecular weight is 345 g/mol. The number of nitrogens with zero attached hydrogens (tertiary/aromatic N) is 2. The number of hydrogen-bond acceptors (Lipinski definition) is 6. The van der Waals surface area contributed by atoms with E-state index in [1.807, 2.05) is 25.1 Å². The van der Waals surface area contributed by atoms with Gasteiger partial charge in [0, 0.05) is 31.2 Å². The Kier molecular flexibility index (Phi) is 4.27. The molecular weight excluding hydrogens is 322 g/mol. The van der Waals surface area contributed by atoms with E-state index in [-0.39, 0.29) is 18.8 Å². The number of hydrogen-bond donors (Lipinski definition) is 2. The Morgan fingerprint density at radius 3 is 2.96 bits per heavy atom. The van der Waals surface area contributed by atoms with Gasteiger partial charge in [-0.3, -0.25) is 10.00 Å². The molecule has 2 aliphatic heterocycles. The minimum absolute atomic E-state index is 0.193. The van der Waals surface area contributed by atoms with Crippen molar-refractivity contribution in [3.8, 4) is 17.2 Å². The van der Waals surface area contributed by atoms with Gasteiger partial charge in [-0.05, 0) is 37.1 Å². The molecule has 2 N–H and O–H groups in total. The molecule has 2 atom stereocenters. The zero-order chi connectivity index (χ0) is 17.4. The molecule has 25 heavy (non-hydrogen) atoms. The summed E-state index contributed by atoms with van der Waals surface area (Å²) in [6.07, 6.45) is 0.444. The highest BCUT2D eigenvalue weighted by atomic mass is 16.7. The Balaban J connectivity index is 1.43. The number of methoxy groups -OCH3 is 1. The maximum atomic E-state index is 10.4. The zero-order valence-corrected chi connectivity index (χ0v) is 14.5. The first-order chi connectivity index (χ1) is 12.1. The predicted molar refractivity (Wildman–Crippen MR) is 90.9 cm³/mol. The van der Waals surface area contributed by atoms with Gasteiger partial charge in [-0.2, -0.15) is 5.10 Å². The molecule has 4 rings (SSSR count). The number of fused-ring (bicyclic) bond motifs is 1. The summed E-state index contributed by atoms with van der Waals surface area (Å²) in [6.45, 7) is 4.44. The minimum Gasteiger partial charge on any atom is -0.493 e. The maximum absolute atomic E-state index is 10.4. The third-order valence-corrected chi connectivity index (χ3v) is 4.84. The van der Waals surface area contributed by atoms with Crippen molar-refractivity contribution in [1.29, 1.82) is 0 Å². The van der Waals surface area contributed by atoms with Crippen LogP contribution in [-0.2, 0) is 13.0 Å². The lowest BCUT2D eigenvalue weighted by molar-refractivity contribution is 0.140. The number of nitrogens with one attached hydrogen (secondary N) is 1. The van der Waals surface area contributed by atoms with Crippen LogP contribution in [0.1, 0.15) is 17.0 Å². The van der Waals surface area contributed by atoms with Crippen LogP contribution in [0.4, 0.5) is 0 Å². The fourth-order valence-corrected chi connectivity index (χ4v) is 3.65. The Morgan fingerprint density at radius 2 is 2.20 bits per heavy atom. The van der Waals surface area contributed by atoms with Gasteiger partial charge in [0.05, 0.1) is 18.9 Å². The van der Waals surface area contributed by atoms with E-state index in [0.717, 1.165) is 42.2 Å². The van der Waals surface area contributed by atoms with Gasteiger partial charge < -0.3 is 19.3 Å². The Morgan fingerprint density at radius 1 is 1.32 bits per heavy atom. The van der Waals surface area contributed by atoms with Crippen LogP contribution in [0, 0.1) is 12.8 Å². The van der Waals surface area contributed by atoms with Crippen LogP contribution >= 0.6 is 0 Å². The summed E-state index contributed by atoms with van der Waals surface area (Å²) in [6, 6.07) is 6.00. The molecule has 7 heteroatoms. The number of aliphatic hydroxyl groups excluding tert-OH is 1. The summed E-state index contributed by atoms with van der Waals surface area (Å²) >= 11 is 0. The number of benzene rings is 1. The number of aromatic nitrogens is 2. The van der Waals surface area contributed by atoms with Crippen molar-refractivity contribution in [3.63, 3.8) is 0 Å². The highest BCUT2D eigenvalue weighted by Gasteiger charge is 2.32. The number of likely N-dealkylation sites (tertiary alicyclic amines) is 1. The van der Waals surface area contributed by atoms with Gasteiger partial charge in [0.15, 0.2) is 11.5 Å². The smallest absolute Gasteiger partial charge is 0.231 e. The summed E-state index contributed by atoms with van der Waals surface area (Å²) in [5, 5.41) is 17.7. The molecule has 7 nitrogen and oxygen atoms in total. The van der Waals surface area contributed by atoms with Crippen LogP contribution in [0.2, 0.25) is 0 Å². The molecule has 0 bridgehead atoms. The van der Waals surface area contributed by atoms with Crippen LogP contribution < -0.4 is 14.2 Å². The Hall–Kier alpha value is -2.25. The zero-order valence-electron chi connectivity index (χ0n) is 14.5. The molecule has 0 saturated carbocycles. The van der Waals surface area contributed by atoms with E-state index in [1.54, 1.807) is 7.11 Å². The largest absolute Gasteiger partial charge is 0.493 e. The summed E-state index contributed by atoms with van der Waals surface area (Å²) in [7, 11) is 1.63. The summed E-state index contributed by atoms with van der Waals surface area (Å²) in [5.74, 6) is 2.27. The highest BCUT2D eigenvalue weighted by Crippen LogP contribution is 2.42. The van der Waals surface area contributed by atoms with E-state index in [9.17, 15) is 5.11 Å². The quantitative estimate of drug-likeness (QED) is 0.855. The first-order valence-corrected chi connectivity index (χ1v) is 8.50. The van der Waals surface area contributed by atoms with Gasteiger partial charge in [-0.15, -0.1) is 0 Å². The lowest BCUT2D eigenvalue weighted by Crippen LogP contribution is -2.21. The Labute approximate surface area is 146 Å². The molecule has 1 aromatic heterocycles. The van der Waals surface area contributed by atoms with Crippen LogP contribution in [0.3, 0.4) is 0 Å². The van der Waals surface area contributed by atoms with Gasteiger partial charge in [0.25, 0.3) is 0 Å². The molecule has 1 aromatic carbocycles. The SMILES string of the molecule is COc1cc(CN2C[C@@H](Cc3cc(C)[nH]n3)[C@@H](O)C2)cc2c1OCO2. The number of β-amino-alcohol motifs (C(OH)–C–C–N with tert-alkyl or cyclic N) is 1. The van der Waals surface area contributed by atoms with E-state index in [2.05, 4.69) is 15.1 Å². The van der Waals surface area contributed by atoms with Crippen LogP contribution in [0.15, 0.2) is 18.2 Å². The van der Waals surface area contributed by atoms with Crippen LogP contribution in [0.5, 0.6) is 17.2 Å². The van der Waals surface area contributed by atoms with E-state index in [4.69, 9.17) is 14.2 Å². The minimum atomic E-state index is -0.340. The average Bonchev–Trinajstić information content (AvgIpc) is 3.29. The van der Waals surface area contributed by atoms with Crippen molar-refractivity contribution in [1.82, 2.24) is 15.1 Å². The number of H-pyrrole nitrogens is 1. The first-order valence-electron chi connectivity index (χ1n) is 8.50. The van der Waals surface area contributed by atoms with Crippen molar-refractivity contribution in [2.75, 3.05) is 27.0 Å². The second kappa shape index (κ2) is 6.57.